The number of ether oxygens (including phenoxy) is 3. The average Bonchev–Trinajstić information content (AvgIpc) is 3.76. The van der Waals surface area contributed by atoms with Crippen molar-refractivity contribution < 1.29 is 46.0 Å². The maximum absolute atomic E-state index is 13.7. The van der Waals surface area contributed by atoms with Crippen LogP contribution in [0.3, 0.4) is 0 Å². The van der Waals surface area contributed by atoms with Gasteiger partial charge in [-0.15, -0.1) is 10.2 Å². The number of nitrogens with zero attached hydrogens (tertiary/aromatic N) is 7. The van der Waals surface area contributed by atoms with Gasteiger partial charge in [0.1, 0.15) is 22.6 Å². The second-order valence-corrected chi connectivity index (χ2v) is 18.6. The minimum absolute atomic E-state index is 0.00576. The first-order chi connectivity index (χ1) is 25.4. The molecule has 1 unspecified atom stereocenters. The Bertz CT molecular complexity index is 1970. The van der Waals surface area contributed by atoms with E-state index in [1.165, 1.54) is 11.1 Å². The summed E-state index contributed by atoms with van der Waals surface area (Å²) in [5, 5.41) is 8.48. The Kier molecular flexibility index (Phi) is 11.5. The molecule has 2 aliphatic rings. The number of carbonyl (C=O) groups is 3. The SMILES string of the molecule is CN(Cc1ccc(-c2nnc(-c3nc(N4C[C@@H]5CCC(CS(=O)(=O)O)[C@H]5C4)cnc3N(C(=O)OC(C)(C)C)C(=O)OC(C)(C)C)o2)cc1)C(=O)OC(C)(C)C. The summed E-state index contributed by atoms with van der Waals surface area (Å²) in [5.74, 6) is -0.331. The zero-order valence-corrected chi connectivity index (χ0v) is 33.8. The molecule has 1 saturated heterocycles. The highest BCUT2D eigenvalue weighted by Crippen LogP contribution is 2.44. The van der Waals surface area contributed by atoms with Crippen LogP contribution in [0.1, 0.15) is 80.7 Å². The average molecular weight is 786 g/mol. The number of carbonyl (C=O) groups excluding carboxylic acids is 3. The lowest BCUT2D eigenvalue weighted by molar-refractivity contribution is 0.0283. The Morgan fingerprint density at radius 1 is 0.855 bits per heavy atom. The molecule has 17 nitrogen and oxygen atoms in total. The number of fused-ring (bicyclic) bond motifs is 1. The van der Waals surface area contributed by atoms with Crippen molar-refractivity contribution in [3.63, 3.8) is 0 Å². The Morgan fingerprint density at radius 2 is 1.42 bits per heavy atom. The molecule has 1 aromatic carbocycles. The highest BCUT2D eigenvalue weighted by atomic mass is 32.2. The molecule has 3 aromatic rings. The van der Waals surface area contributed by atoms with Crippen LogP contribution in [0.25, 0.3) is 23.0 Å². The van der Waals surface area contributed by atoms with E-state index < -0.39 is 45.2 Å². The third-order valence-electron chi connectivity index (χ3n) is 8.81. The quantitative estimate of drug-likeness (QED) is 0.189. The molecule has 18 heteroatoms. The maximum atomic E-state index is 13.7. The molecule has 1 N–H and O–H groups in total. The van der Waals surface area contributed by atoms with Gasteiger partial charge in [-0.05, 0) is 111 Å². The van der Waals surface area contributed by atoms with E-state index in [1.807, 2.05) is 4.90 Å². The summed E-state index contributed by atoms with van der Waals surface area (Å²) in [7, 11) is -2.51. The molecule has 1 aliphatic carbocycles. The summed E-state index contributed by atoms with van der Waals surface area (Å²) in [6.45, 7) is 16.6. The predicted molar refractivity (Wildman–Crippen MR) is 202 cm³/mol. The lowest BCUT2D eigenvalue weighted by atomic mass is 9.94. The Balaban J connectivity index is 1.51. The van der Waals surface area contributed by atoms with Crippen LogP contribution in [0.4, 0.5) is 26.0 Å². The van der Waals surface area contributed by atoms with Gasteiger partial charge in [0.2, 0.25) is 5.89 Å². The number of rotatable bonds is 8. The predicted octanol–water partition coefficient (Wildman–Crippen LogP) is 6.59. The maximum Gasteiger partial charge on any atom is 0.425 e. The number of anilines is 2. The van der Waals surface area contributed by atoms with E-state index in [4.69, 9.17) is 23.6 Å². The zero-order chi connectivity index (χ0) is 40.7. The number of aromatic nitrogens is 4. The first-order valence-corrected chi connectivity index (χ1v) is 19.7. The molecule has 3 amide bonds. The highest BCUT2D eigenvalue weighted by Gasteiger charge is 2.45. The monoisotopic (exact) mass is 785 g/mol. The summed E-state index contributed by atoms with van der Waals surface area (Å²) in [6.07, 6.45) is 0.281. The first-order valence-electron chi connectivity index (χ1n) is 18.1. The van der Waals surface area contributed by atoms with Crippen molar-refractivity contribution in [1.82, 2.24) is 25.1 Å². The number of imide groups is 1. The lowest BCUT2D eigenvalue weighted by Gasteiger charge is -2.28. The molecule has 55 heavy (non-hydrogen) atoms. The molecule has 2 fully saturated rings. The number of hydrogen-bond acceptors (Lipinski definition) is 14. The number of hydrogen-bond donors (Lipinski definition) is 1. The number of benzene rings is 1. The molecule has 300 valence electrons. The molecule has 2 aromatic heterocycles. The number of amides is 3. The van der Waals surface area contributed by atoms with E-state index in [1.54, 1.807) is 93.6 Å². The molecule has 5 rings (SSSR count). The van der Waals surface area contributed by atoms with Gasteiger partial charge in [-0.2, -0.15) is 13.3 Å². The van der Waals surface area contributed by atoms with Crippen molar-refractivity contribution in [2.24, 2.45) is 17.8 Å². The standard InChI is InChI=1S/C37H51N7O10S/c1-35(2,3)52-32(45)42(10)18-22-11-13-23(14-12-22)30-40-41-31(51-30)28-29(44(33(46)53-36(4,5)6)34(47)54-37(7,8)9)38-17-27(39-28)43-19-24-15-16-25(26(24)20-43)21-55(48,49)50/h11-14,17,24-26H,15-16,18-21H2,1-10H3,(H,48,49,50)/t24-,25?,26-/m0/s1. The van der Waals surface area contributed by atoms with Crippen molar-refractivity contribution in [2.45, 2.75) is 98.5 Å². The summed E-state index contributed by atoms with van der Waals surface area (Å²) in [4.78, 5) is 53.3. The largest absolute Gasteiger partial charge is 0.444 e. The van der Waals surface area contributed by atoms with Crippen LogP contribution in [-0.2, 0) is 30.9 Å². The molecular weight excluding hydrogens is 735 g/mol. The van der Waals surface area contributed by atoms with Gasteiger partial charge >= 0.3 is 18.3 Å². The van der Waals surface area contributed by atoms with Crippen molar-refractivity contribution in [1.29, 1.82) is 0 Å². The minimum atomic E-state index is -4.15. The van der Waals surface area contributed by atoms with E-state index in [0.717, 1.165) is 12.0 Å². The topological polar surface area (TPSA) is 208 Å². The van der Waals surface area contributed by atoms with Gasteiger partial charge in [0.15, 0.2) is 11.5 Å². The fourth-order valence-corrected chi connectivity index (χ4v) is 7.56. The van der Waals surface area contributed by atoms with E-state index in [0.29, 0.717) is 35.8 Å². The van der Waals surface area contributed by atoms with Crippen LogP contribution in [0.2, 0.25) is 0 Å². The molecular formula is C37H51N7O10S. The molecule has 1 saturated carbocycles. The van der Waals surface area contributed by atoms with E-state index in [9.17, 15) is 27.4 Å². The summed E-state index contributed by atoms with van der Waals surface area (Å²) < 4.78 is 55.8. The summed E-state index contributed by atoms with van der Waals surface area (Å²) in [5.41, 5.74) is -1.37. The van der Waals surface area contributed by atoms with Gasteiger partial charge in [-0.3, -0.25) is 4.55 Å². The van der Waals surface area contributed by atoms with Crippen LogP contribution < -0.4 is 9.80 Å². The van der Waals surface area contributed by atoms with Gasteiger partial charge in [-0.1, -0.05) is 12.1 Å². The summed E-state index contributed by atoms with van der Waals surface area (Å²) >= 11 is 0. The Labute approximate surface area is 321 Å². The smallest absolute Gasteiger partial charge is 0.425 e. The van der Waals surface area contributed by atoms with E-state index in [2.05, 4.69) is 15.2 Å². The van der Waals surface area contributed by atoms with Crippen LogP contribution in [0.5, 0.6) is 0 Å². The van der Waals surface area contributed by atoms with Gasteiger partial charge in [0.05, 0.1) is 11.9 Å². The molecule has 0 spiro atoms. The van der Waals surface area contributed by atoms with Gasteiger partial charge in [-0.25, -0.2) is 24.4 Å². The van der Waals surface area contributed by atoms with Crippen LogP contribution >= 0.6 is 0 Å². The van der Waals surface area contributed by atoms with E-state index in [-0.39, 0.29) is 53.3 Å². The Hall–Kier alpha value is -4.84. The summed E-state index contributed by atoms with van der Waals surface area (Å²) in [6, 6.07) is 7.10. The lowest BCUT2D eigenvalue weighted by Crippen LogP contribution is -2.44. The fraction of sp³-hybridized carbons (Fsp3) is 0.595. The fourth-order valence-electron chi connectivity index (χ4n) is 6.60. The molecule has 3 heterocycles. The van der Waals surface area contributed by atoms with Crippen LogP contribution in [-0.4, -0.2) is 99.0 Å². The molecule has 1 aliphatic heterocycles. The second kappa shape index (κ2) is 15.4. The normalized spacial score (nSPS) is 18.8. The molecule has 3 atom stereocenters. The minimum Gasteiger partial charge on any atom is -0.444 e. The Morgan fingerprint density at radius 3 is 1.98 bits per heavy atom. The molecule has 0 bridgehead atoms. The van der Waals surface area contributed by atoms with Gasteiger partial charge < -0.3 is 28.4 Å². The highest BCUT2D eigenvalue weighted by molar-refractivity contribution is 7.85. The van der Waals surface area contributed by atoms with Crippen LogP contribution in [0.15, 0.2) is 34.9 Å². The second-order valence-electron chi connectivity index (χ2n) is 17.1. The van der Waals surface area contributed by atoms with E-state index >= 15 is 0 Å². The third kappa shape index (κ3) is 10.9. The van der Waals surface area contributed by atoms with Crippen molar-refractivity contribution in [3.05, 3.63) is 36.0 Å². The third-order valence-corrected chi connectivity index (χ3v) is 9.66. The van der Waals surface area contributed by atoms with Crippen molar-refractivity contribution >= 4 is 40.0 Å². The van der Waals surface area contributed by atoms with Crippen molar-refractivity contribution in [3.8, 4) is 23.0 Å². The van der Waals surface area contributed by atoms with Crippen molar-refractivity contribution in [2.75, 3.05) is 35.7 Å². The van der Waals surface area contributed by atoms with Gasteiger partial charge in [0.25, 0.3) is 16.0 Å². The van der Waals surface area contributed by atoms with Gasteiger partial charge in [0, 0.05) is 32.2 Å². The first kappa shape index (κ1) is 41.3. The zero-order valence-electron chi connectivity index (χ0n) is 33.0. The molecule has 0 radical (unpaired) electrons. The van der Waals surface area contributed by atoms with Crippen LogP contribution in [0, 0.1) is 17.8 Å².